The first-order chi connectivity index (χ1) is 25.6. The van der Waals surface area contributed by atoms with Crippen molar-refractivity contribution in [2.75, 3.05) is 63.6 Å². The molecule has 0 bridgehead atoms. The van der Waals surface area contributed by atoms with Gasteiger partial charge in [-0.1, -0.05) is 12.1 Å². The zero-order chi connectivity index (χ0) is 38.6. The minimum absolute atomic E-state index is 0.0396. The summed E-state index contributed by atoms with van der Waals surface area (Å²) in [6.07, 6.45) is -2.84. The lowest BCUT2D eigenvalue weighted by Gasteiger charge is -2.34. The summed E-state index contributed by atoms with van der Waals surface area (Å²) in [5.41, 5.74) is 9.49. The molecule has 2 aromatic heterocycles. The number of pyridine rings is 1. The predicted octanol–water partition coefficient (Wildman–Crippen LogP) is 5.61. The van der Waals surface area contributed by atoms with Crippen molar-refractivity contribution in [2.24, 2.45) is 7.05 Å². The smallest absolute Gasteiger partial charge is 0.422 e. The normalized spacial score (nSPS) is 14.9. The lowest BCUT2D eigenvalue weighted by atomic mass is 10.2. The van der Waals surface area contributed by atoms with E-state index in [0.29, 0.717) is 68.1 Å². The molecule has 0 radical (unpaired) electrons. The van der Waals surface area contributed by atoms with Gasteiger partial charge in [0.25, 0.3) is 16.0 Å². The molecule has 4 heterocycles. The van der Waals surface area contributed by atoms with E-state index >= 15 is 0 Å². The Bertz CT molecular complexity index is 2210. The summed E-state index contributed by atoms with van der Waals surface area (Å²) in [5, 5.41) is 0.930. The zero-order valence-electron chi connectivity index (χ0n) is 29.5. The van der Waals surface area contributed by atoms with Crippen LogP contribution < -0.4 is 24.8 Å². The molecule has 3 N–H and O–H groups in total. The second kappa shape index (κ2) is 15.8. The molecule has 54 heavy (non-hydrogen) atoms. The minimum Gasteiger partial charge on any atom is -0.490 e. The van der Waals surface area contributed by atoms with Crippen LogP contribution in [0.15, 0.2) is 90.0 Å². The van der Waals surface area contributed by atoms with Crippen LogP contribution >= 0.6 is 0 Å². The first-order valence-electron chi connectivity index (χ1n) is 16.9. The van der Waals surface area contributed by atoms with Gasteiger partial charge in [0.2, 0.25) is 5.88 Å². The second-order valence-corrected chi connectivity index (χ2v) is 14.3. The first-order valence-corrected chi connectivity index (χ1v) is 18.3. The molecule has 13 nitrogen and oxygen atoms in total. The monoisotopic (exact) mass is 768 g/mol. The Morgan fingerprint density at radius 1 is 0.926 bits per heavy atom. The van der Waals surface area contributed by atoms with E-state index in [1.165, 1.54) is 18.3 Å². The second-order valence-electron chi connectivity index (χ2n) is 12.8. The molecular formula is C37H39F3N6O7S. The summed E-state index contributed by atoms with van der Waals surface area (Å²) < 4.78 is 85.4. The van der Waals surface area contributed by atoms with Crippen LogP contribution in [0.2, 0.25) is 0 Å². The van der Waals surface area contributed by atoms with Gasteiger partial charge in [0.15, 0.2) is 6.61 Å². The fourth-order valence-electron chi connectivity index (χ4n) is 6.04. The molecule has 0 atom stereocenters. The number of aryl methyl sites for hydroxylation is 1. The van der Waals surface area contributed by atoms with Crippen LogP contribution in [0.25, 0.3) is 10.9 Å². The van der Waals surface area contributed by atoms with Crippen LogP contribution in [0.5, 0.6) is 23.1 Å². The third-order valence-electron chi connectivity index (χ3n) is 8.93. The number of carbonyl (C=O) groups is 1. The van der Waals surface area contributed by atoms with Crippen LogP contribution in [0.4, 0.5) is 24.5 Å². The standard InChI is InChI=1S/C28H28F3N5O3.C9H11NO4S/c1-34-24-15-23(39-26-9-5-21(32)16-33-26)8-4-20(24)14-25(34)27(37)36-12-10-35(11-13-36)17-19-2-6-22(7-3-19)38-18-28(29,30)31;1-10-4-5-14-9-6-7(15(11,12)13)2-3-8(9)10/h2-9,14-16H,10-13,17-18,32H2,1H3;2-3,6H,4-5H2,1H3,(H,11,12,13). The number of halogens is 3. The molecule has 0 aliphatic carbocycles. The van der Waals surface area contributed by atoms with Gasteiger partial charge < -0.3 is 34.3 Å². The number of carbonyl (C=O) groups excluding carboxylic acids is 1. The number of rotatable bonds is 8. The first kappa shape index (κ1) is 38.2. The van der Waals surface area contributed by atoms with E-state index in [0.717, 1.165) is 28.7 Å². The van der Waals surface area contributed by atoms with E-state index in [1.54, 1.807) is 42.5 Å². The average Bonchev–Trinajstić information content (AvgIpc) is 3.47. The summed E-state index contributed by atoms with van der Waals surface area (Å²) in [5.74, 6) is 1.66. The molecule has 0 spiro atoms. The van der Waals surface area contributed by atoms with Crippen LogP contribution in [0, 0.1) is 0 Å². The summed E-state index contributed by atoms with van der Waals surface area (Å²) >= 11 is 0. The number of fused-ring (bicyclic) bond motifs is 2. The van der Waals surface area contributed by atoms with Crippen molar-refractivity contribution in [3.63, 3.8) is 0 Å². The van der Waals surface area contributed by atoms with Crippen molar-refractivity contribution >= 4 is 38.3 Å². The van der Waals surface area contributed by atoms with E-state index in [1.807, 2.05) is 52.7 Å². The summed E-state index contributed by atoms with van der Waals surface area (Å²) in [6.45, 7) is 3.13. The highest BCUT2D eigenvalue weighted by atomic mass is 32.2. The van der Waals surface area contributed by atoms with Gasteiger partial charge in [0.1, 0.15) is 29.5 Å². The summed E-state index contributed by atoms with van der Waals surface area (Å²) in [7, 11) is -0.395. The van der Waals surface area contributed by atoms with E-state index < -0.39 is 22.9 Å². The Kier molecular flexibility index (Phi) is 11.2. The topological polar surface area (TPSA) is 153 Å². The van der Waals surface area contributed by atoms with Gasteiger partial charge in [-0.15, -0.1) is 0 Å². The van der Waals surface area contributed by atoms with E-state index in [2.05, 4.69) is 9.88 Å². The zero-order valence-corrected chi connectivity index (χ0v) is 30.3. The maximum atomic E-state index is 13.4. The highest BCUT2D eigenvalue weighted by molar-refractivity contribution is 7.85. The third-order valence-corrected chi connectivity index (χ3v) is 9.78. The number of piperazine rings is 1. The lowest BCUT2D eigenvalue weighted by Crippen LogP contribution is -2.48. The number of hydrogen-bond acceptors (Lipinski definition) is 10. The molecular weight excluding hydrogens is 730 g/mol. The summed E-state index contributed by atoms with van der Waals surface area (Å²) in [4.78, 5) is 23.4. The number of hydrogen-bond donors (Lipinski definition) is 2. The van der Waals surface area contributed by atoms with Gasteiger partial charge in [-0.3, -0.25) is 14.2 Å². The van der Waals surface area contributed by atoms with Crippen LogP contribution in [0.1, 0.15) is 16.1 Å². The number of ether oxygens (including phenoxy) is 3. The quantitative estimate of drug-likeness (QED) is 0.190. The van der Waals surface area contributed by atoms with Crippen molar-refractivity contribution in [2.45, 2.75) is 17.6 Å². The fourth-order valence-corrected chi connectivity index (χ4v) is 6.53. The SMILES string of the molecule is CN1CCOc2cc(S(=O)(=O)O)ccc21.Cn1c(C(=O)N2CCN(Cc3ccc(OCC(F)(F)F)cc3)CC2)cc2ccc(Oc3ccc(N)cn3)cc21. The molecule has 0 unspecified atom stereocenters. The molecule has 2 aliphatic heterocycles. The lowest BCUT2D eigenvalue weighted by molar-refractivity contribution is -0.153. The minimum atomic E-state index is -4.37. The number of likely N-dealkylation sites (N-methyl/N-ethyl adjacent to an activating group) is 1. The van der Waals surface area contributed by atoms with Crippen molar-refractivity contribution in [3.8, 4) is 23.1 Å². The number of amides is 1. The van der Waals surface area contributed by atoms with E-state index in [4.69, 9.17) is 24.5 Å². The highest BCUT2D eigenvalue weighted by Crippen LogP contribution is 2.33. The maximum absolute atomic E-state index is 13.4. The van der Waals surface area contributed by atoms with Crippen LogP contribution in [0.3, 0.4) is 0 Å². The molecule has 5 aromatic rings. The van der Waals surface area contributed by atoms with E-state index in [-0.39, 0.29) is 16.6 Å². The Balaban J connectivity index is 0.000000276. The van der Waals surface area contributed by atoms with Crippen molar-refractivity contribution < 1.29 is 45.1 Å². The third kappa shape index (κ3) is 9.52. The van der Waals surface area contributed by atoms with E-state index in [9.17, 15) is 26.4 Å². The molecule has 286 valence electrons. The highest BCUT2D eigenvalue weighted by Gasteiger charge is 2.29. The Morgan fingerprint density at radius 3 is 2.31 bits per heavy atom. The maximum Gasteiger partial charge on any atom is 0.422 e. The number of aromatic nitrogens is 2. The molecule has 1 fully saturated rings. The Morgan fingerprint density at radius 2 is 1.65 bits per heavy atom. The number of alkyl halides is 3. The average molecular weight is 769 g/mol. The van der Waals surface area contributed by atoms with Gasteiger partial charge in [-0.25, -0.2) is 4.98 Å². The molecule has 3 aromatic carbocycles. The largest absolute Gasteiger partial charge is 0.490 e. The van der Waals surface area contributed by atoms with Gasteiger partial charge in [-0.2, -0.15) is 21.6 Å². The van der Waals surface area contributed by atoms with Crippen LogP contribution in [-0.2, 0) is 23.7 Å². The Labute approximate surface area is 310 Å². The number of nitrogens with two attached hydrogens (primary N) is 1. The number of anilines is 2. The number of nitrogens with zero attached hydrogens (tertiary/aromatic N) is 5. The van der Waals surface area contributed by atoms with Gasteiger partial charge in [0, 0.05) is 70.4 Å². The molecule has 7 rings (SSSR count). The van der Waals surface area contributed by atoms with Gasteiger partial charge >= 0.3 is 6.18 Å². The Hall–Kier alpha value is -5.52. The van der Waals surface area contributed by atoms with Crippen molar-refractivity contribution in [1.82, 2.24) is 19.4 Å². The summed E-state index contributed by atoms with van der Waals surface area (Å²) in [6, 6.07) is 21.9. The molecule has 1 amide bonds. The van der Waals surface area contributed by atoms with Gasteiger partial charge in [-0.05, 0) is 54.1 Å². The van der Waals surface area contributed by atoms with Crippen LogP contribution in [-0.4, -0.2) is 97.4 Å². The predicted molar refractivity (Wildman–Crippen MR) is 196 cm³/mol. The molecule has 17 heteroatoms. The molecule has 0 saturated carbocycles. The molecule has 2 aliphatic rings. The number of nitrogen functional groups attached to an aromatic ring is 1. The number of benzene rings is 3. The fraction of sp³-hybridized carbons (Fsp3) is 0.297. The van der Waals surface area contributed by atoms with Gasteiger partial charge in [0.05, 0.1) is 34.5 Å². The van der Waals surface area contributed by atoms with Crippen molar-refractivity contribution in [1.29, 1.82) is 0 Å². The molecule has 1 saturated heterocycles. The van der Waals surface area contributed by atoms with Crippen molar-refractivity contribution in [3.05, 3.63) is 96.3 Å².